The molecule has 0 spiro atoms. The van der Waals surface area contributed by atoms with Gasteiger partial charge in [-0.05, 0) is 19.1 Å². The third kappa shape index (κ3) is 2.07. The molecule has 0 amide bonds. The van der Waals surface area contributed by atoms with E-state index >= 15 is 0 Å². The molecule has 0 unspecified atom stereocenters. The molecule has 3 aromatic rings. The second-order valence-electron chi connectivity index (χ2n) is 4.14. The molecule has 0 saturated carbocycles. The number of anilines is 1. The summed E-state index contributed by atoms with van der Waals surface area (Å²) < 4.78 is 3.92. The number of aryl methyl sites for hydroxylation is 1. The summed E-state index contributed by atoms with van der Waals surface area (Å²) in [5.41, 5.74) is 3.01. The van der Waals surface area contributed by atoms with E-state index < -0.39 is 0 Å². The summed E-state index contributed by atoms with van der Waals surface area (Å²) in [5, 5.41) is 7.54. The van der Waals surface area contributed by atoms with E-state index in [1.54, 1.807) is 0 Å². The van der Waals surface area contributed by atoms with Gasteiger partial charge in [-0.15, -0.1) is 0 Å². The van der Waals surface area contributed by atoms with Crippen molar-refractivity contribution in [3.05, 3.63) is 48.7 Å². The molecule has 3 aromatic heterocycles. The Bertz CT molecular complexity index is 619. The zero-order valence-electron chi connectivity index (χ0n) is 10.2. The molecule has 0 aliphatic heterocycles. The predicted molar refractivity (Wildman–Crippen MR) is 70.4 cm³/mol. The lowest BCUT2D eigenvalue weighted by molar-refractivity contribution is 0.660. The Morgan fingerprint density at radius 1 is 1.28 bits per heavy atom. The Hall–Kier alpha value is -2.30. The number of fused-ring (bicyclic) bond motifs is 1. The van der Waals surface area contributed by atoms with Gasteiger partial charge >= 0.3 is 0 Å². The predicted octanol–water partition coefficient (Wildman–Crippen LogP) is 2.16. The quantitative estimate of drug-likeness (QED) is 0.761. The van der Waals surface area contributed by atoms with Crippen molar-refractivity contribution >= 4 is 11.3 Å². The van der Waals surface area contributed by atoms with Gasteiger partial charge in [0.05, 0.1) is 24.1 Å². The van der Waals surface area contributed by atoms with Gasteiger partial charge in [0, 0.05) is 25.1 Å². The minimum Gasteiger partial charge on any atom is -0.377 e. The SMILES string of the molecule is CCn1cc(NCc2cn3ccccc3n2)cn1. The van der Waals surface area contributed by atoms with Crippen LogP contribution in [0, 0.1) is 0 Å². The molecule has 5 nitrogen and oxygen atoms in total. The molecule has 18 heavy (non-hydrogen) atoms. The van der Waals surface area contributed by atoms with E-state index in [0.717, 1.165) is 23.6 Å². The van der Waals surface area contributed by atoms with E-state index in [1.807, 2.05) is 52.1 Å². The molecular formula is C13H15N5. The molecule has 0 radical (unpaired) electrons. The monoisotopic (exact) mass is 241 g/mol. The summed E-state index contributed by atoms with van der Waals surface area (Å²) in [5.74, 6) is 0. The van der Waals surface area contributed by atoms with E-state index in [4.69, 9.17) is 0 Å². The highest BCUT2D eigenvalue weighted by Crippen LogP contribution is 2.09. The zero-order chi connectivity index (χ0) is 12.4. The van der Waals surface area contributed by atoms with Crippen LogP contribution in [0.2, 0.25) is 0 Å². The number of imidazole rings is 1. The number of aromatic nitrogens is 4. The van der Waals surface area contributed by atoms with Crippen LogP contribution in [0.25, 0.3) is 5.65 Å². The summed E-state index contributed by atoms with van der Waals surface area (Å²) in [6, 6.07) is 5.99. The van der Waals surface area contributed by atoms with Gasteiger partial charge in [-0.3, -0.25) is 4.68 Å². The van der Waals surface area contributed by atoms with Gasteiger partial charge in [0.25, 0.3) is 0 Å². The maximum Gasteiger partial charge on any atom is 0.137 e. The molecule has 0 atom stereocenters. The lowest BCUT2D eigenvalue weighted by Crippen LogP contribution is -1.98. The van der Waals surface area contributed by atoms with Crippen molar-refractivity contribution in [3.63, 3.8) is 0 Å². The second-order valence-corrected chi connectivity index (χ2v) is 4.14. The van der Waals surface area contributed by atoms with Crippen LogP contribution in [0.5, 0.6) is 0 Å². The lowest BCUT2D eigenvalue weighted by Gasteiger charge is -1.99. The first-order valence-electron chi connectivity index (χ1n) is 6.04. The third-order valence-corrected chi connectivity index (χ3v) is 2.84. The first-order valence-corrected chi connectivity index (χ1v) is 6.04. The van der Waals surface area contributed by atoms with Crippen LogP contribution in [0.15, 0.2) is 43.0 Å². The highest BCUT2D eigenvalue weighted by molar-refractivity contribution is 5.42. The van der Waals surface area contributed by atoms with E-state index in [0.29, 0.717) is 6.54 Å². The van der Waals surface area contributed by atoms with Crippen LogP contribution < -0.4 is 5.32 Å². The van der Waals surface area contributed by atoms with Crippen molar-refractivity contribution in [3.8, 4) is 0 Å². The zero-order valence-corrected chi connectivity index (χ0v) is 10.2. The van der Waals surface area contributed by atoms with E-state index in [9.17, 15) is 0 Å². The van der Waals surface area contributed by atoms with Crippen molar-refractivity contribution in [2.45, 2.75) is 20.0 Å². The van der Waals surface area contributed by atoms with Crippen molar-refractivity contribution in [2.24, 2.45) is 0 Å². The highest BCUT2D eigenvalue weighted by atomic mass is 15.3. The molecule has 3 rings (SSSR count). The van der Waals surface area contributed by atoms with Gasteiger partial charge in [0.2, 0.25) is 0 Å². The summed E-state index contributed by atoms with van der Waals surface area (Å²) in [7, 11) is 0. The molecular weight excluding hydrogens is 226 g/mol. The summed E-state index contributed by atoms with van der Waals surface area (Å²) in [6.45, 7) is 3.66. The van der Waals surface area contributed by atoms with Crippen LogP contribution >= 0.6 is 0 Å². The van der Waals surface area contributed by atoms with Crippen LogP contribution in [0.3, 0.4) is 0 Å². The maximum atomic E-state index is 4.53. The van der Waals surface area contributed by atoms with Gasteiger partial charge in [-0.2, -0.15) is 5.10 Å². The maximum absolute atomic E-state index is 4.53. The molecule has 5 heteroatoms. The second kappa shape index (κ2) is 4.52. The first-order chi connectivity index (χ1) is 8.85. The van der Waals surface area contributed by atoms with Crippen LogP contribution in [0.4, 0.5) is 5.69 Å². The van der Waals surface area contributed by atoms with Crippen LogP contribution in [-0.2, 0) is 13.1 Å². The largest absolute Gasteiger partial charge is 0.377 e. The van der Waals surface area contributed by atoms with E-state index in [1.165, 1.54) is 0 Å². The summed E-state index contributed by atoms with van der Waals surface area (Å²) in [4.78, 5) is 4.53. The molecule has 1 N–H and O–H groups in total. The average molecular weight is 241 g/mol. The number of pyridine rings is 1. The lowest BCUT2D eigenvalue weighted by atomic mass is 10.4. The van der Waals surface area contributed by atoms with Gasteiger partial charge in [-0.25, -0.2) is 4.98 Å². The van der Waals surface area contributed by atoms with Gasteiger partial charge < -0.3 is 9.72 Å². The van der Waals surface area contributed by atoms with E-state index in [2.05, 4.69) is 22.3 Å². The fraction of sp³-hybridized carbons (Fsp3) is 0.231. The minimum atomic E-state index is 0.705. The standard InChI is InChI=1S/C13H15N5/c1-2-18-10-11(8-15-18)14-7-12-9-17-6-4-3-5-13(17)16-12/h3-6,8-10,14H,2,7H2,1H3. The number of rotatable bonds is 4. The number of nitrogens with zero attached hydrogens (tertiary/aromatic N) is 4. The Balaban J connectivity index is 1.72. The molecule has 0 aliphatic rings. The third-order valence-electron chi connectivity index (χ3n) is 2.84. The smallest absolute Gasteiger partial charge is 0.137 e. The first kappa shape index (κ1) is 10.8. The van der Waals surface area contributed by atoms with Gasteiger partial charge in [0.15, 0.2) is 0 Å². The number of hydrogen-bond donors (Lipinski definition) is 1. The van der Waals surface area contributed by atoms with Gasteiger partial charge in [0.1, 0.15) is 5.65 Å². The van der Waals surface area contributed by atoms with Crippen molar-refractivity contribution in [1.82, 2.24) is 19.2 Å². The molecule has 0 fully saturated rings. The Kier molecular flexibility index (Phi) is 2.72. The fourth-order valence-corrected chi connectivity index (χ4v) is 1.89. The van der Waals surface area contributed by atoms with Crippen molar-refractivity contribution < 1.29 is 0 Å². The fourth-order valence-electron chi connectivity index (χ4n) is 1.89. The highest BCUT2D eigenvalue weighted by Gasteiger charge is 2.01. The van der Waals surface area contributed by atoms with E-state index in [-0.39, 0.29) is 0 Å². The number of hydrogen-bond acceptors (Lipinski definition) is 3. The topological polar surface area (TPSA) is 47.2 Å². The van der Waals surface area contributed by atoms with Crippen LogP contribution in [-0.4, -0.2) is 19.2 Å². The molecule has 0 aromatic carbocycles. The molecule has 92 valence electrons. The Morgan fingerprint density at radius 2 is 2.22 bits per heavy atom. The Labute approximate surface area is 105 Å². The summed E-state index contributed by atoms with van der Waals surface area (Å²) >= 11 is 0. The van der Waals surface area contributed by atoms with Gasteiger partial charge in [-0.1, -0.05) is 6.07 Å². The van der Waals surface area contributed by atoms with Crippen molar-refractivity contribution in [2.75, 3.05) is 5.32 Å². The van der Waals surface area contributed by atoms with Crippen LogP contribution in [0.1, 0.15) is 12.6 Å². The molecule has 0 bridgehead atoms. The summed E-state index contributed by atoms with van der Waals surface area (Å²) in [6.07, 6.45) is 7.86. The Morgan fingerprint density at radius 3 is 3.00 bits per heavy atom. The average Bonchev–Trinajstić information content (AvgIpc) is 3.02. The van der Waals surface area contributed by atoms with Crippen molar-refractivity contribution in [1.29, 1.82) is 0 Å². The normalized spacial score (nSPS) is 10.9. The molecule has 0 aliphatic carbocycles. The minimum absolute atomic E-state index is 0.705. The molecule has 0 saturated heterocycles. The number of nitrogens with one attached hydrogen (secondary N) is 1. The molecule has 3 heterocycles.